The molecule has 1 aliphatic carbocycles. The highest BCUT2D eigenvalue weighted by atomic mass is 32.1. The molecular weight excluding hydrogens is 484 g/mol. The van der Waals surface area contributed by atoms with Gasteiger partial charge in [0.05, 0.1) is 17.2 Å². The van der Waals surface area contributed by atoms with Crippen molar-refractivity contribution in [3.63, 3.8) is 0 Å². The molecule has 2 N–H and O–H groups in total. The lowest BCUT2D eigenvalue weighted by molar-refractivity contribution is -0.136. The van der Waals surface area contributed by atoms with Gasteiger partial charge in [0.25, 0.3) is 5.91 Å². The van der Waals surface area contributed by atoms with Gasteiger partial charge in [-0.25, -0.2) is 4.98 Å². The molecule has 4 atom stereocenters. The Kier molecular flexibility index (Phi) is 8.93. The fourth-order valence-electron chi connectivity index (χ4n) is 6.74. The minimum absolute atomic E-state index is 0.0696. The summed E-state index contributed by atoms with van der Waals surface area (Å²) in [6.07, 6.45) is 14.4. The van der Waals surface area contributed by atoms with Crippen molar-refractivity contribution in [2.75, 3.05) is 6.54 Å². The molecule has 5 rings (SSSR count). The van der Waals surface area contributed by atoms with Crippen LogP contribution in [0.25, 0.3) is 0 Å². The van der Waals surface area contributed by atoms with Crippen LogP contribution in [0.15, 0.2) is 29.6 Å². The molecule has 0 spiro atoms. The summed E-state index contributed by atoms with van der Waals surface area (Å²) < 4.78 is 6.35. The van der Waals surface area contributed by atoms with Crippen LogP contribution in [0.3, 0.4) is 0 Å². The molecule has 0 radical (unpaired) electrons. The van der Waals surface area contributed by atoms with Gasteiger partial charge in [-0.05, 0) is 49.1 Å². The summed E-state index contributed by atoms with van der Waals surface area (Å²) in [6, 6.07) is 8.18. The van der Waals surface area contributed by atoms with Crippen LogP contribution in [0.4, 0.5) is 0 Å². The van der Waals surface area contributed by atoms with Gasteiger partial charge in [0.15, 0.2) is 0 Å². The van der Waals surface area contributed by atoms with Gasteiger partial charge in [0, 0.05) is 30.2 Å². The number of carbonyl (C=O) groups is 2. The highest BCUT2D eigenvalue weighted by Crippen LogP contribution is 2.50. The SMILES string of the molecule is O=C(O)CCc1ccccc1C[C@@H]1[C@H](c2nc(C(=O)NCCCCC3CCCCC3)cs2)[C@H]2CC[C@@H]1O2. The zero-order chi connectivity index (χ0) is 25.6. The predicted molar refractivity (Wildman–Crippen MR) is 145 cm³/mol. The molecular formula is C30H40N2O4S. The first-order chi connectivity index (χ1) is 18.1. The normalized spacial score (nSPS) is 25.4. The number of carboxylic acids is 1. The van der Waals surface area contributed by atoms with Crippen molar-refractivity contribution in [1.82, 2.24) is 10.3 Å². The van der Waals surface area contributed by atoms with Crippen molar-refractivity contribution >= 4 is 23.2 Å². The summed E-state index contributed by atoms with van der Waals surface area (Å²) >= 11 is 1.58. The van der Waals surface area contributed by atoms with Gasteiger partial charge in [-0.2, -0.15) is 0 Å². The molecule has 6 nitrogen and oxygen atoms in total. The molecule has 7 heteroatoms. The molecule has 0 unspecified atom stereocenters. The van der Waals surface area contributed by atoms with Crippen molar-refractivity contribution in [3.8, 4) is 0 Å². The second kappa shape index (κ2) is 12.5. The Labute approximate surface area is 224 Å². The average Bonchev–Trinajstić information content (AvgIpc) is 3.65. The third-order valence-corrected chi connectivity index (χ3v) is 9.64. The molecule has 2 saturated heterocycles. The van der Waals surface area contributed by atoms with Crippen LogP contribution in [-0.4, -0.2) is 40.7 Å². The Hall–Kier alpha value is -2.25. The van der Waals surface area contributed by atoms with E-state index in [1.165, 1.54) is 50.5 Å². The molecule has 3 heterocycles. The molecule has 2 aromatic rings. The van der Waals surface area contributed by atoms with E-state index in [1.807, 2.05) is 23.6 Å². The molecule has 2 bridgehead atoms. The third kappa shape index (κ3) is 6.61. The summed E-state index contributed by atoms with van der Waals surface area (Å²) in [7, 11) is 0. The largest absolute Gasteiger partial charge is 0.481 e. The third-order valence-electron chi connectivity index (χ3n) is 8.70. The number of amides is 1. The van der Waals surface area contributed by atoms with E-state index in [9.17, 15) is 9.59 Å². The first-order valence-corrected chi connectivity index (χ1v) is 15.1. The van der Waals surface area contributed by atoms with E-state index < -0.39 is 5.97 Å². The molecule has 1 aromatic heterocycles. The minimum Gasteiger partial charge on any atom is -0.481 e. The van der Waals surface area contributed by atoms with Gasteiger partial charge >= 0.3 is 5.97 Å². The van der Waals surface area contributed by atoms with E-state index in [4.69, 9.17) is 14.8 Å². The van der Waals surface area contributed by atoms with Crippen LogP contribution in [-0.2, 0) is 22.4 Å². The number of fused-ring (bicyclic) bond motifs is 2. The fourth-order valence-corrected chi connectivity index (χ4v) is 7.77. The monoisotopic (exact) mass is 524 g/mol. The number of hydrogen-bond acceptors (Lipinski definition) is 5. The molecule has 1 saturated carbocycles. The van der Waals surface area contributed by atoms with Gasteiger partial charge in [0.2, 0.25) is 0 Å². The number of aliphatic carboxylic acids is 1. The van der Waals surface area contributed by atoms with Crippen LogP contribution < -0.4 is 5.32 Å². The lowest BCUT2D eigenvalue weighted by Gasteiger charge is -2.27. The quantitative estimate of drug-likeness (QED) is 0.325. The maximum atomic E-state index is 12.8. The number of unbranched alkanes of at least 4 members (excludes halogenated alkanes) is 1. The van der Waals surface area contributed by atoms with E-state index in [0.717, 1.165) is 42.2 Å². The number of rotatable bonds is 12. The van der Waals surface area contributed by atoms with Crippen LogP contribution in [0.5, 0.6) is 0 Å². The number of ether oxygens (including phenoxy) is 1. The van der Waals surface area contributed by atoms with E-state index >= 15 is 0 Å². The summed E-state index contributed by atoms with van der Waals surface area (Å²) in [6.45, 7) is 0.714. The van der Waals surface area contributed by atoms with Crippen molar-refractivity contribution < 1.29 is 19.4 Å². The number of carboxylic acid groups (broad SMARTS) is 1. The number of aromatic nitrogens is 1. The highest BCUT2D eigenvalue weighted by Gasteiger charge is 2.50. The maximum Gasteiger partial charge on any atom is 0.303 e. The standard InChI is InChI=1S/C30H40N2O4S/c33-27(34)16-13-21-11-4-5-12-22(21)18-23-25-14-15-26(36-25)28(23)30-32-24(19-37-30)29(35)31-17-7-6-10-20-8-2-1-3-9-20/h4-5,11-12,19-20,23,25-26,28H,1-3,6-10,13-18H2,(H,31,35)(H,33,34)/t23-,25-,26+,28-/m0/s1. The van der Waals surface area contributed by atoms with Crippen molar-refractivity contribution in [2.45, 2.75) is 102 Å². The number of hydrogen-bond donors (Lipinski definition) is 2. The van der Waals surface area contributed by atoms with Crippen LogP contribution in [0.1, 0.15) is 103 Å². The lowest BCUT2D eigenvalue weighted by atomic mass is 9.75. The molecule has 37 heavy (non-hydrogen) atoms. The lowest BCUT2D eigenvalue weighted by Crippen LogP contribution is -2.28. The summed E-state index contributed by atoms with van der Waals surface area (Å²) in [5, 5.41) is 15.1. The summed E-state index contributed by atoms with van der Waals surface area (Å²) in [5.41, 5.74) is 2.84. The zero-order valence-electron chi connectivity index (χ0n) is 21.7. The highest BCUT2D eigenvalue weighted by molar-refractivity contribution is 7.10. The average molecular weight is 525 g/mol. The van der Waals surface area contributed by atoms with Crippen molar-refractivity contribution in [2.24, 2.45) is 11.8 Å². The topological polar surface area (TPSA) is 88.5 Å². The van der Waals surface area contributed by atoms with Gasteiger partial charge < -0.3 is 15.2 Å². The first-order valence-electron chi connectivity index (χ1n) is 14.3. The van der Waals surface area contributed by atoms with Gasteiger partial charge in [-0.15, -0.1) is 11.3 Å². The molecule has 1 amide bonds. The number of thiazole rings is 1. The van der Waals surface area contributed by atoms with Crippen LogP contribution in [0.2, 0.25) is 0 Å². The molecule has 1 aromatic carbocycles. The van der Waals surface area contributed by atoms with Crippen LogP contribution in [0, 0.1) is 11.8 Å². The Morgan fingerprint density at radius 2 is 1.81 bits per heavy atom. The minimum atomic E-state index is -0.770. The first kappa shape index (κ1) is 26.4. The van der Waals surface area contributed by atoms with E-state index in [2.05, 4.69) is 11.4 Å². The second-order valence-electron chi connectivity index (χ2n) is 11.2. The Morgan fingerprint density at radius 3 is 2.62 bits per heavy atom. The second-order valence-corrected chi connectivity index (χ2v) is 12.1. The molecule has 200 valence electrons. The summed E-state index contributed by atoms with van der Waals surface area (Å²) in [5.74, 6) is 0.542. The fraction of sp³-hybridized carbons (Fsp3) is 0.633. The summed E-state index contributed by atoms with van der Waals surface area (Å²) in [4.78, 5) is 28.7. The predicted octanol–water partition coefficient (Wildman–Crippen LogP) is 6.14. The van der Waals surface area contributed by atoms with Gasteiger partial charge in [0.1, 0.15) is 5.69 Å². The van der Waals surface area contributed by atoms with E-state index in [0.29, 0.717) is 24.6 Å². The number of nitrogens with zero attached hydrogens (tertiary/aromatic N) is 1. The zero-order valence-corrected chi connectivity index (χ0v) is 22.5. The molecule has 2 aliphatic heterocycles. The van der Waals surface area contributed by atoms with Crippen molar-refractivity contribution in [3.05, 3.63) is 51.5 Å². The Morgan fingerprint density at radius 1 is 1.03 bits per heavy atom. The Balaban J connectivity index is 1.17. The van der Waals surface area contributed by atoms with Gasteiger partial charge in [-0.3, -0.25) is 9.59 Å². The van der Waals surface area contributed by atoms with Crippen molar-refractivity contribution in [1.29, 1.82) is 0 Å². The van der Waals surface area contributed by atoms with Crippen LogP contribution >= 0.6 is 11.3 Å². The van der Waals surface area contributed by atoms with E-state index in [1.54, 1.807) is 11.3 Å². The number of nitrogens with one attached hydrogen (secondary N) is 1. The maximum absolute atomic E-state index is 12.8. The molecule has 3 aliphatic rings. The van der Waals surface area contributed by atoms with Gasteiger partial charge in [-0.1, -0.05) is 69.2 Å². The number of benzene rings is 1. The molecule has 3 fully saturated rings. The smallest absolute Gasteiger partial charge is 0.303 e. The number of carbonyl (C=O) groups excluding carboxylic acids is 1. The Bertz CT molecular complexity index is 1060. The number of aryl methyl sites for hydroxylation is 1. The van der Waals surface area contributed by atoms with E-state index in [-0.39, 0.29) is 30.5 Å².